The second-order valence-corrected chi connectivity index (χ2v) is 7.49. The first-order valence-corrected chi connectivity index (χ1v) is 9.93. The summed E-state index contributed by atoms with van der Waals surface area (Å²) in [4.78, 5) is 13.8. The number of H-pyrrole nitrogens is 1. The van der Waals surface area contributed by atoms with Crippen LogP contribution in [0.5, 0.6) is 5.75 Å². The van der Waals surface area contributed by atoms with Crippen LogP contribution in [0.2, 0.25) is 10.0 Å². The predicted molar refractivity (Wildman–Crippen MR) is 117 cm³/mol. The molecule has 1 aromatic heterocycles. The summed E-state index contributed by atoms with van der Waals surface area (Å²) >= 11 is 12.3. The summed E-state index contributed by atoms with van der Waals surface area (Å²) < 4.78 is 16.8. The molecule has 2 atom stereocenters. The van der Waals surface area contributed by atoms with Crippen molar-refractivity contribution in [3.05, 3.63) is 68.6 Å². The Morgan fingerprint density at radius 2 is 2.00 bits per heavy atom. The summed E-state index contributed by atoms with van der Waals surface area (Å²) in [6, 6.07) is 12.9. The van der Waals surface area contributed by atoms with Crippen molar-refractivity contribution in [2.75, 3.05) is 26.3 Å². The molecule has 0 bridgehead atoms. The van der Waals surface area contributed by atoms with Gasteiger partial charge in [-0.2, -0.15) is 0 Å². The number of hydrogen-bond donors (Lipinski definition) is 2. The molecule has 1 saturated heterocycles. The Morgan fingerprint density at radius 1 is 1.17 bits per heavy atom. The van der Waals surface area contributed by atoms with Gasteiger partial charge in [-0.3, -0.25) is 9.51 Å². The van der Waals surface area contributed by atoms with E-state index in [-0.39, 0.29) is 24.4 Å². The number of ether oxygens (including phenoxy) is 2. The molecule has 2 aromatic carbocycles. The second kappa shape index (κ2) is 10.3. The molecule has 10 heteroatoms. The van der Waals surface area contributed by atoms with E-state index in [1.54, 1.807) is 12.1 Å². The van der Waals surface area contributed by atoms with Gasteiger partial charge in [-0.15, -0.1) is 12.4 Å². The zero-order valence-corrected chi connectivity index (χ0v) is 18.1. The standard InChI is InChI=1S/C20H19Cl2N3O4.ClH/c21-15-6-5-12(9-16(15)22)18-13(10-23-7-8-27-18)11-28-17-4-2-1-3-14(17)19-24-20(26)29-25-19;/h1-6,9,13,18,23H,7-8,10-11H2,(H,24,25,26);1H/t13-,18-;/m0./s1. The smallest absolute Gasteiger partial charge is 0.439 e. The van der Waals surface area contributed by atoms with Crippen molar-refractivity contribution in [3.8, 4) is 17.1 Å². The van der Waals surface area contributed by atoms with Gasteiger partial charge in [0.05, 0.1) is 34.9 Å². The Bertz CT molecular complexity index is 1040. The zero-order chi connectivity index (χ0) is 20.2. The van der Waals surface area contributed by atoms with Gasteiger partial charge in [0, 0.05) is 19.0 Å². The first kappa shape index (κ1) is 22.7. The maximum absolute atomic E-state index is 11.3. The quantitative estimate of drug-likeness (QED) is 0.581. The molecule has 0 amide bonds. The van der Waals surface area contributed by atoms with Crippen LogP contribution in [0.3, 0.4) is 0 Å². The number of benzene rings is 2. The fourth-order valence-corrected chi connectivity index (χ4v) is 3.63. The number of hydrogen-bond acceptors (Lipinski definition) is 6. The number of para-hydroxylation sites is 1. The van der Waals surface area contributed by atoms with E-state index >= 15 is 0 Å². The normalized spacial score (nSPS) is 19.0. The van der Waals surface area contributed by atoms with E-state index < -0.39 is 5.76 Å². The van der Waals surface area contributed by atoms with Crippen molar-refractivity contribution in [1.29, 1.82) is 0 Å². The molecule has 2 N–H and O–H groups in total. The van der Waals surface area contributed by atoms with E-state index in [0.717, 1.165) is 12.1 Å². The number of nitrogens with zero attached hydrogens (tertiary/aromatic N) is 1. The van der Waals surface area contributed by atoms with Crippen LogP contribution in [0.4, 0.5) is 0 Å². The van der Waals surface area contributed by atoms with Gasteiger partial charge < -0.3 is 14.8 Å². The van der Waals surface area contributed by atoms with E-state index in [1.807, 2.05) is 30.3 Å². The highest BCUT2D eigenvalue weighted by Crippen LogP contribution is 2.33. The molecule has 0 aliphatic carbocycles. The topological polar surface area (TPSA) is 89.4 Å². The Balaban J connectivity index is 0.00000256. The van der Waals surface area contributed by atoms with E-state index in [9.17, 15) is 4.79 Å². The highest BCUT2D eigenvalue weighted by Gasteiger charge is 2.28. The van der Waals surface area contributed by atoms with Gasteiger partial charge in [-0.25, -0.2) is 4.79 Å². The molecule has 0 spiro atoms. The van der Waals surface area contributed by atoms with Crippen LogP contribution in [0.1, 0.15) is 11.7 Å². The number of halogens is 3. The minimum atomic E-state index is -0.615. The number of aromatic amines is 1. The van der Waals surface area contributed by atoms with Gasteiger partial charge >= 0.3 is 5.76 Å². The molecular formula is C20H20Cl3N3O4. The van der Waals surface area contributed by atoms with Gasteiger partial charge in [0.1, 0.15) is 5.75 Å². The van der Waals surface area contributed by atoms with Crippen LogP contribution in [0.15, 0.2) is 51.8 Å². The molecule has 160 valence electrons. The molecule has 4 rings (SSSR count). The third kappa shape index (κ3) is 5.17. The Morgan fingerprint density at radius 3 is 2.77 bits per heavy atom. The molecule has 2 heterocycles. The third-order valence-electron chi connectivity index (χ3n) is 4.72. The SMILES string of the molecule is Cl.O=c1[nH]c(-c2ccccc2OC[C@@H]2CNCCO[C@H]2c2ccc(Cl)c(Cl)c2)no1. The summed E-state index contributed by atoms with van der Waals surface area (Å²) in [5.41, 5.74) is 1.60. The zero-order valence-electron chi connectivity index (χ0n) is 15.8. The number of rotatable bonds is 5. The van der Waals surface area contributed by atoms with E-state index in [0.29, 0.717) is 46.9 Å². The Labute approximate surface area is 189 Å². The lowest BCUT2D eigenvalue weighted by Gasteiger charge is -2.26. The first-order chi connectivity index (χ1) is 14.1. The molecule has 0 radical (unpaired) electrons. The minimum Gasteiger partial charge on any atom is -0.492 e. The molecule has 0 unspecified atom stereocenters. The number of nitrogens with one attached hydrogen (secondary N) is 2. The Kier molecular flexibility index (Phi) is 7.80. The lowest BCUT2D eigenvalue weighted by Crippen LogP contribution is -2.29. The minimum absolute atomic E-state index is 0. The average Bonchev–Trinajstić information content (AvgIpc) is 3.02. The maximum atomic E-state index is 11.3. The summed E-state index contributed by atoms with van der Waals surface area (Å²) in [6.07, 6.45) is -0.196. The van der Waals surface area contributed by atoms with Gasteiger partial charge in [-0.05, 0) is 29.8 Å². The van der Waals surface area contributed by atoms with Crippen LogP contribution >= 0.6 is 35.6 Å². The van der Waals surface area contributed by atoms with Crippen molar-refractivity contribution in [2.45, 2.75) is 6.10 Å². The fraction of sp³-hybridized carbons (Fsp3) is 0.300. The van der Waals surface area contributed by atoms with Crippen LogP contribution in [-0.4, -0.2) is 36.4 Å². The molecule has 3 aromatic rings. The summed E-state index contributed by atoms with van der Waals surface area (Å²) in [5, 5.41) is 8.12. The lowest BCUT2D eigenvalue weighted by atomic mass is 9.96. The van der Waals surface area contributed by atoms with Crippen molar-refractivity contribution in [3.63, 3.8) is 0 Å². The molecule has 1 aliphatic rings. The molecule has 30 heavy (non-hydrogen) atoms. The average molecular weight is 473 g/mol. The largest absolute Gasteiger partial charge is 0.492 e. The van der Waals surface area contributed by atoms with E-state index in [1.165, 1.54) is 0 Å². The Hall–Kier alpha value is -2.03. The van der Waals surface area contributed by atoms with Gasteiger partial charge in [0.25, 0.3) is 0 Å². The van der Waals surface area contributed by atoms with E-state index in [4.69, 9.17) is 32.7 Å². The van der Waals surface area contributed by atoms with Crippen molar-refractivity contribution >= 4 is 35.6 Å². The van der Waals surface area contributed by atoms with Crippen LogP contribution in [0, 0.1) is 5.92 Å². The van der Waals surface area contributed by atoms with Crippen molar-refractivity contribution in [1.82, 2.24) is 15.5 Å². The fourth-order valence-electron chi connectivity index (χ4n) is 3.32. The van der Waals surface area contributed by atoms with Gasteiger partial charge in [-0.1, -0.05) is 46.6 Å². The highest BCUT2D eigenvalue weighted by molar-refractivity contribution is 6.42. The summed E-state index contributed by atoms with van der Waals surface area (Å²) in [6.45, 7) is 2.44. The van der Waals surface area contributed by atoms with Crippen LogP contribution < -0.4 is 15.8 Å². The molecule has 1 aliphatic heterocycles. The first-order valence-electron chi connectivity index (χ1n) is 9.17. The molecule has 0 saturated carbocycles. The maximum Gasteiger partial charge on any atom is 0.439 e. The van der Waals surface area contributed by atoms with Gasteiger partial charge in [0.15, 0.2) is 5.82 Å². The second-order valence-electron chi connectivity index (χ2n) is 6.68. The van der Waals surface area contributed by atoms with Crippen LogP contribution in [-0.2, 0) is 4.74 Å². The molecule has 7 nitrogen and oxygen atoms in total. The lowest BCUT2D eigenvalue weighted by molar-refractivity contribution is 0.0154. The third-order valence-corrected chi connectivity index (χ3v) is 5.46. The molecular weight excluding hydrogens is 453 g/mol. The van der Waals surface area contributed by atoms with E-state index in [2.05, 4.69) is 20.0 Å². The van der Waals surface area contributed by atoms with Gasteiger partial charge in [0.2, 0.25) is 0 Å². The predicted octanol–water partition coefficient (Wildman–Crippen LogP) is 4.11. The van der Waals surface area contributed by atoms with Crippen LogP contribution in [0.25, 0.3) is 11.4 Å². The summed E-state index contributed by atoms with van der Waals surface area (Å²) in [5.74, 6) is 0.325. The summed E-state index contributed by atoms with van der Waals surface area (Å²) in [7, 11) is 0. The van der Waals surface area contributed by atoms with Crippen molar-refractivity contribution in [2.24, 2.45) is 5.92 Å². The molecule has 1 fully saturated rings. The highest BCUT2D eigenvalue weighted by atomic mass is 35.5. The van der Waals surface area contributed by atoms with Crippen molar-refractivity contribution < 1.29 is 14.0 Å². The monoisotopic (exact) mass is 471 g/mol. The number of aromatic nitrogens is 2.